The SMILES string of the molecule is Cc1ccc(S(=O)(=O)NCC2CCCNC2)c2cccnc12.Cl. The lowest BCUT2D eigenvalue weighted by molar-refractivity contribution is 0.376. The normalized spacial score (nSPS) is 18.6. The highest BCUT2D eigenvalue weighted by Gasteiger charge is 2.21. The minimum absolute atomic E-state index is 0. The van der Waals surface area contributed by atoms with E-state index < -0.39 is 10.0 Å². The van der Waals surface area contributed by atoms with Crippen LogP contribution >= 0.6 is 12.4 Å². The number of piperidine rings is 1. The Morgan fingerprint density at radius 2 is 2.17 bits per heavy atom. The molecule has 0 radical (unpaired) electrons. The largest absolute Gasteiger partial charge is 0.316 e. The van der Waals surface area contributed by atoms with Gasteiger partial charge in [0.2, 0.25) is 10.0 Å². The molecular weight excluding hydrogens is 334 g/mol. The molecular formula is C16H22ClN3O2S. The Bertz CT molecular complexity index is 774. The Morgan fingerprint density at radius 1 is 1.35 bits per heavy atom. The van der Waals surface area contributed by atoms with Gasteiger partial charge in [0, 0.05) is 18.1 Å². The molecule has 1 fully saturated rings. The van der Waals surface area contributed by atoms with Gasteiger partial charge < -0.3 is 5.32 Å². The zero-order chi connectivity index (χ0) is 15.6. The summed E-state index contributed by atoms with van der Waals surface area (Å²) in [7, 11) is -3.52. The fourth-order valence-corrected chi connectivity index (χ4v) is 4.24. The topological polar surface area (TPSA) is 71.1 Å². The van der Waals surface area contributed by atoms with Gasteiger partial charge in [0.1, 0.15) is 0 Å². The van der Waals surface area contributed by atoms with Crippen molar-refractivity contribution in [2.75, 3.05) is 19.6 Å². The third-order valence-corrected chi connectivity index (χ3v) is 5.66. The molecule has 3 rings (SSSR count). The Kier molecular flexibility index (Phi) is 5.97. The van der Waals surface area contributed by atoms with Gasteiger partial charge in [0.05, 0.1) is 10.4 Å². The smallest absolute Gasteiger partial charge is 0.241 e. The molecule has 1 aromatic carbocycles. The van der Waals surface area contributed by atoms with Gasteiger partial charge >= 0.3 is 0 Å². The van der Waals surface area contributed by atoms with Crippen molar-refractivity contribution < 1.29 is 8.42 Å². The fourth-order valence-electron chi connectivity index (χ4n) is 2.93. The molecule has 2 heterocycles. The summed E-state index contributed by atoms with van der Waals surface area (Å²) >= 11 is 0. The molecule has 23 heavy (non-hydrogen) atoms. The molecule has 1 aliphatic heterocycles. The first-order valence-corrected chi connectivity index (χ1v) is 9.11. The lowest BCUT2D eigenvalue weighted by Gasteiger charge is -2.23. The summed E-state index contributed by atoms with van der Waals surface area (Å²) < 4.78 is 28.0. The number of aromatic nitrogens is 1. The molecule has 2 aromatic rings. The molecule has 126 valence electrons. The van der Waals surface area contributed by atoms with Crippen molar-refractivity contribution in [2.24, 2.45) is 5.92 Å². The molecule has 0 spiro atoms. The number of aryl methyl sites for hydroxylation is 1. The van der Waals surface area contributed by atoms with Crippen LogP contribution in [-0.2, 0) is 10.0 Å². The summed E-state index contributed by atoms with van der Waals surface area (Å²) in [5.41, 5.74) is 1.72. The Labute approximate surface area is 143 Å². The van der Waals surface area contributed by atoms with Crippen LogP contribution in [0.25, 0.3) is 10.9 Å². The second-order valence-corrected chi connectivity index (χ2v) is 7.58. The van der Waals surface area contributed by atoms with E-state index in [1.807, 2.05) is 19.1 Å². The standard InChI is InChI=1S/C16H21N3O2S.ClH/c1-12-6-7-15(14-5-3-9-18-16(12)14)22(20,21)19-11-13-4-2-8-17-10-13;/h3,5-7,9,13,17,19H,2,4,8,10-11H2,1H3;1H. The van der Waals surface area contributed by atoms with Gasteiger partial charge in [-0.2, -0.15) is 0 Å². The number of pyridine rings is 1. The van der Waals surface area contributed by atoms with Crippen molar-refractivity contribution in [1.29, 1.82) is 0 Å². The van der Waals surface area contributed by atoms with Crippen LogP contribution < -0.4 is 10.0 Å². The predicted octanol–water partition coefficient (Wildman–Crippen LogP) is 2.24. The maximum absolute atomic E-state index is 12.6. The van der Waals surface area contributed by atoms with Gasteiger partial charge in [-0.25, -0.2) is 13.1 Å². The zero-order valence-corrected chi connectivity index (χ0v) is 14.7. The number of benzene rings is 1. The monoisotopic (exact) mass is 355 g/mol. The number of hydrogen-bond acceptors (Lipinski definition) is 4. The predicted molar refractivity (Wildman–Crippen MR) is 94.5 cm³/mol. The van der Waals surface area contributed by atoms with Crippen molar-refractivity contribution >= 4 is 33.3 Å². The molecule has 7 heteroatoms. The van der Waals surface area contributed by atoms with E-state index in [1.54, 1.807) is 18.3 Å². The summed E-state index contributed by atoms with van der Waals surface area (Å²) in [5, 5.41) is 3.98. The summed E-state index contributed by atoms with van der Waals surface area (Å²) in [4.78, 5) is 4.61. The summed E-state index contributed by atoms with van der Waals surface area (Å²) in [6.45, 7) is 4.31. The van der Waals surface area contributed by atoms with Crippen molar-refractivity contribution in [1.82, 2.24) is 15.0 Å². The lowest BCUT2D eigenvalue weighted by atomic mass is 10.0. The summed E-state index contributed by atoms with van der Waals surface area (Å²) in [6.07, 6.45) is 3.85. The maximum Gasteiger partial charge on any atom is 0.241 e. The number of hydrogen-bond donors (Lipinski definition) is 2. The fraction of sp³-hybridized carbons (Fsp3) is 0.438. The lowest BCUT2D eigenvalue weighted by Crippen LogP contribution is -2.38. The first-order valence-electron chi connectivity index (χ1n) is 7.62. The molecule has 0 amide bonds. The number of sulfonamides is 1. The van der Waals surface area contributed by atoms with Crippen LogP contribution in [0.1, 0.15) is 18.4 Å². The number of rotatable bonds is 4. The van der Waals surface area contributed by atoms with E-state index in [-0.39, 0.29) is 12.4 Å². The number of nitrogens with one attached hydrogen (secondary N) is 2. The Balaban J connectivity index is 0.00000192. The molecule has 1 aliphatic rings. The molecule has 5 nitrogen and oxygen atoms in total. The molecule has 1 saturated heterocycles. The second kappa shape index (κ2) is 7.57. The first kappa shape index (κ1) is 18.1. The van der Waals surface area contributed by atoms with Crippen molar-refractivity contribution in [3.8, 4) is 0 Å². The molecule has 1 unspecified atom stereocenters. The van der Waals surface area contributed by atoms with Crippen molar-refractivity contribution in [3.05, 3.63) is 36.0 Å². The second-order valence-electron chi connectivity index (χ2n) is 5.84. The average molecular weight is 356 g/mol. The van der Waals surface area contributed by atoms with Crippen LogP contribution in [0.4, 0.5) is 0 Å². The van der Waals surface area contributed by atoms with E-state index in [4.69, 9.17) is 0 Å². The van der Waals surface area contributed by atoms with Gasteiger partial charge in [-0.05, 0) is 62.5 Å². The highest BCUT2D eigenvalue weighted by molar-refractivity contribution is 7.89. The molecule has 0 aliphatic carbocycles. The van der Waals surface area contributed by atoms with Crippen LogP contribution in [0.5, 0.6) is 0 Å². The third kappa shape index (κ3) is 4.01. The molecule has 0 saturated carbocycles. The van der Waals surface area contributed by atoms with Crippen LogP contribution in [-0.4, -0.2) is 33.0 Å². The Morgan fingerprint density at radius 3 is 2.91 bits per heavy atom. The first-order chi connectivity index (χ1) is 10.6. The maximum atomic E-state index is 12.6. The van der Waals surface area contributed by atoms with E-state index in [0.29, 0.717) is 22.7 Å². The highest BCUT2D eigenvalue weighted by Crippen LogP contribution is 2.24. The number of halogens is 1. The summed E-state index contributed by atoms with van der Waals surface area (Å²) in [5.74, 6) is 0.360. The van der Waals surface area contributed by atoms with Crippen LogP contribution in [0.2, 0.25) is 0 Å². The summed E-state index contributed by atoms with van der Waals surface area (Å²) in [6, 6.07) is 7.06. The minimum atomic E-state index is -3.52. The number of fused-ring (bicyclic) bond motifs is 1. The van der Waals surface area contributed by atoms with Crippen LogP contribution in [0.3, 0.4) is 0 Å². The average Bonchev–Trinajstić information content (AvgIpc) is 2.54. The molecule has 1 atom stereocenters. The molecule has 2 N–H and O–H groups in total. The van der Waals surface area contributed by atoms with Crippen LogP contribution in [0, 0.1) is 12.8 Å². The van der Waals surface area contributed by atoms with Gasteiger partial charge in [-0.1, -0.05) is 6.07 Å². The van der Waals surface area contributed by atoms with Gasteiger partial charge in [-0.3, -0.25) is 4.98 Å². The number of nitrogens with zero attached hydrogens (tertiary/aromatic N) is 1. The van der Waals surface area contributed by atoms with E-state index >= 15 is 0 Å². The van der Waals surface area contributed by atoms with Gasteiger partial charge in [0.25, 0.3) is 0 Å². The van der Waals surface area contributed by atoms with Crippen LogP contribution in [0.15, 0.2) is 35.4 Å². The van der Waals surface area contributed by atoms with E-state index in [0.717, 1.165) is 37.0 Å². The van der Waals surface area contributed by atoms with E-state index in [2.05, 4.69) is 15.0 Å². The molecule has 0 bridgehead atoms. The third-order valence-electron chi connectivity index (χ3n) is 4.18. The van der Waals surface area contributed by atoms with Crippen molar-refractivity contribution in [2.45, 2.75) is 24.7 Å². The van der Waals surface area contributed by atoms with E-state index in [9.17, 15) is 8.42 Å². The molecule has 1 aromatic heterocycles. The van der Waals surface area contributed by atoms with Gasteiger partial charge in [-0.15, -0.1) is 12.4 Å². The van der Waals surface area contributed by atoms with Crippen molar-refractivity contribution in [3.63, 3.8) is 0 Å². The quantitative estimate of drug-likeness (QED) is 0.882. The zero-order valence-electron chi connectivity index (χ0n) is 13.1. The highest BCUT2D eigenvalue weighted by atomic mass is 35.5. The minimum Gasteiger partial charge on any atom is -0.316 e. The Hall–Kier alpha value is -1.21. The van der Waals surface area contributed by atoms with E-state index in [1.165, 1.54) is 0 Å². The van der Waals surface area contributed by atoms with Gasteiger partial charge in [0.15, 0.2) is 0 Å².